The molecule has 3 nitrogen and oxygen atoms in total. The van der Waals surface area contributed by atoms with Gasteiger partial charge in [0.2, 0.25) is 0 Å². The first kappa shape index (κ1) is 16.5. The molecule has 1 amide bonds. The lowest BCUT2D eigenvalue weighted by molar-refractivity contribution is 0.0939. The van der Waals surface area contributed by atoms with Crippen LogP contribution in [0.4, 0.5) is 4.39 Å². The molecule has 0 bridgehead atoms. The summed E-state index contributed by atoms with van der Waals surface area (Å²) in [6.07, 6.45) is 0. The zero-order chi connectivity index (χ0) is 15.0. The molecule has 0 aromatic heterocycles. The summed E-state index contributed by atoms with van der Waals surface area (Å²) in [7, 11) is 0. The molecule has 0 spiro atoms. The van der Waals surface area contributed by atoms with Crippen molar-refractivity contribution in [3.63, 3.8) is 0 Å². The zero-order valence-corrected chi connectivity index (χ0v) is 12.5. The van der Waals surface area contributed by atoms with Crippen LogP contribution in [0.2, 0.25) is 0 Å². The summed E-state index contributed by atoms with van der Waals surface area (Å²) < 4.78 is 13.7. The van der Waals surface area contributed by atoms with Gasteiger partial charge in [0, 0.05) is 17.4 Å². The predicted molar refractivity (Wildman–Crippen MR) is 82.3 cm³/mol. The van der Waals surface area contributed by atoms with Gasteiger partial charge in [-0.3, -0.25) is 4.79 Å². The molecule has 0 saturated heterocycles. The zero-order valence-electron chi connectivity index (χ0n) is 11.7. The normalized spacial score (nSPS) is 11.4. The minimum Gasteiger partial charge on any atom is -0.349 e. The van der Waals surface area contributed by atoms with Crippen LogP contribution in [0.3, 0.4) is 0 Å². The van der Waals surface area contributed by atoms with Crippen molar-refractivity contribution in [2.45, 2.75) is 19.9 Å². The Labute approximate surface area is 123 Å². The molecule has 20 heavy (non-hydrogen) atoms. The van der Waals surface area contributed by atoms with Gasteiger partial charge in [-0.2, -0.15) is 11.8 Å². The lowest BCUT2D eigenvalue weighted by atomic mass is 10.1. The standard InChI is InChI=1S/C15H19FN2OS/c1-3-20-10-11(2)18-15(19)13-9-12(5-4-8-17)6-7-14(13)16/h6-7,9,11H,3,8,10,17H2,1-2H3,(H,18,19). The van der Waals surface area contributed by atoms with E-state index in [-0.39, 0.29) is 18.2 Å². The molecule has 0 aliphatic rings. The molecule has 108 valence electrons. The van der Waals surface area contributed by atoms with Crippen LogP contribution in [0.5, 0.6) is 0 Å². The van der Waals surface area contributed by atoms with E-state index in [0.717, 1.165) is 11.5 Å². The van der Waals surface area contributed by atoms with Gasteiger partial charge >= 0.3 is 0 Å². The Hall–Kier alpha value is -1.51. The minimum atomic E-state index is -0.545. The van der Waals surface area contributed by atoms with Crippen molar-refractivity contribution in [2.24, 2.45) is 5.73 Å². The van der Waals surface area contributed by atoms with Crippen LogP contribution >= 0.6 is 11.8 Å². The van der Waals surface area contributed by atoms with E-state index in [1.807, 2.05) is 6.92 Å². The monoisotopic (exact) mass is 294 g/mol. The van der Waals surface area contributed by atoms with E-state index in [1.165, 1.54) is 18.2 Å². The maximum atomic E-state index is 13.7. The van der Waals surface area contributed by atoms with Crippen LogP contribution in [0.1, 0.15) is 29.8 Å². The average Bonchev–Trinajstić information content (AvgIpc) is 2.44. The number of nitrogens with one attached hydrogen (secondary N) is 1. The van der Waals surface area contributed by atoms with Crippen molar-refractivity contribution in [2.75, 3.05) is 18.1 Å². The Morgan fingerprint density at radius 3 is 2.95 bits per heavy atom. The molecule has 1 unspecified atom stereocenters. The second kappa shape index (κ2) is 8.62. The van der Waals surface area contributed by atoms with Gasteiger partial charge in [0.25, 0.3) is 5.91 Å². The van der Waals surface area contributed by atoms with E-state index in [2.05, 4.69) is 24.1 Å². The number of nitrogens with two attached hydrogens (primary N) is 1. The molecule has 0 aliphatic carbocycles. The van der Waals surface area contributed by atoms with Crippen molar-refractivity contribution < 1.29 is 9.18 Å². The largest absolute Gasteiger partial charge is 0.349 e. The number of carbonyl (C=O) groups excluding carboxylic acids is 1. The second-order valence-corrected chi connectivity index (χ2v) is 5.55. The highest BCUT2D eigenvalue weighted by atomic mass is 32.2. The fraction of sp³-hybridized carbons (Fsp3) is 0.400. The molecule has 5 heteroatoms. The van der Waals surface area contributed by atoms with E-state index in [4.69, 9.17) is 5.73 Å². The Morgan fingerprint density at radius 2 is 2.30 bits per heavy atom. The molecule has 3 N–H and O–H groups in total. The smallest absolute Gasteiger partial charge is 0.254 e. The second-order valence-electron chi connectivity index (χ2n) is 4.23. The van der Waals surface area contributed by atoms with Gasteiger partial charge < -0.3 is 11.1 Å². The molecule has 0 heterocycles. The third-order valence-electron chi connectivity index (χ3n) is 2.50. The van der Waals surface area contributed by atoms with Gasteiger partial charge in [0.15, 0.2) is 0 Å². The number of halogens is 1. The maximum absolute atomic E-state index is 13.7. The van der Waals surface area contributed by atoms with Gasteiger partial charge in [-0.05, 0) is 30.9 Å². The molecule has 0 radical (unpaired) electrons. The fourth-order valence-corrected chi connectivity index (χ4v) is 2.24. The average molecular weight is 294 g/mol. The van der Waals surface area contributed by atoms with Crippen molar-refractivity contribution in [1.82, 2.24) is 5.32 Å². The molecule has 1 aromatic rings. The molecule has 1 atom stereocenters. The van der Waals surface area contributed by atoms with Crippen LogP contribution < -0.4 is 11.1 Å². The first-order valence-electron chi connectivity index (χ1n) is 6.45. The lowest BCUT2D eigenvalue weighted by Gasteiger charge is -2.13. The van der Waals surface area contributed by atoms with Gasteiger partial charge in [-0.15, -0.1) is 0 Å². The summed E-state index contributed by atoms with van der Waals surface area (Å²) in [6.45, 7) is 4.18. The number of hydrogen-bond acceptors (Lipinski definition) is 3. The van der Waals surface area contributed by atoms with Gasteiger partial charge in [0.05, 0.1) is 12.1 Å². The quantitative estimate of drug-likeness (QED) is 0.817. The van der Waals surface area contributed by atoms with E-state index < -0.39 is 11.7 Å². The highest BCUT2D eigenvalue weighted by molar-refractivity contribution is 7.99. The topological polar surface area (TPSA) is 55.1 Å². The number of benzene rings is 1. The van der Waals surface area contributed by atoms with Crippen molar-refractivity contribution in [1.29, 1.82) is 0 Å². The van der Waals surface area contributed by atoms with Gasteiger partial charge in [0.1, 0.15) is 5.82 Å². The molecule has 0 fully saturated rings. The first-order valence-corrected chi connectivity index (χ1v) is 7.61. The predicted octanol–water partition coefficient (Wildman–Crippen LogP) is 2.01. The summed E-state index contributed by atoms with van der Waals surface area (Å²) in [5.74, 6) is 6.30. The van der Waals surface area contributed by atoms with Crippen LogP contribution in [0, 0.1) is 17.7 Å². The highest BCUT2D eigenvalue weighted by Gasteiger charge is 2.14. The number of amides is 1. The van der Waals surface area contributed by atoms with Crippen molar-refractivity contribution in [3.8, 4) is 11.8 Å². The molecule has 1 aromatic carbocycles. The van der Waals surface area contributed by atoms with Crippen molar-refractivity contribution in [3.05, 3.63) is 35.1 Å². The summed E-state index contributed by atoms with van der Waals surface area (Å²) >= 11 is 1.73. The van der Waals surface area contributed by atoms with E-state index in [9.17, 15) is 9.18 Å². The fourth-order valence-electron chi connectivity index (χ4n) is 1.57. The van der Waals surface area contributed by atoms with Gasteiger partial charge in [-0.25, -0.2) is 4.39 Å². The number of thioether (sulfide) groups is 1. The van der Waals surface area contributed by atoms with Gasteiger partial charge in [-0.1, -0.05) is 18.8 Å². The Balaban J connectivity index is 2.81. The third kappa shape index (κ3) is 5.24. The molecule has 1 rings (SSSR count). The molecular weight excluding hydrogens is 275 g/mol. The summed E-state index contributed by atoms with van der Waals surface area (Å²) in [5.41, 5.74) is 5.88. The van der Waals surface area contributed by atoms with Crippen molar-refractivity contribution >= 4 is 17.7 Å². The van der Waals surface area contributed by atoms with E-state index in [0.29, 0.717) is 5.56 Å². The van der Waals surface area contributed by atoms with Crippen LogP contribution in [0.25, 0.3) is 0 Å². The summed E-state index contributed by atoms with van der Waals surface area (Å²) in [4.78, 5) is 12.0. The number of rotatable bonds is 5. The maximum Gasteiger partial charge on any atom is 0.254 e. The third-order valence-corrected chi connectivity index (χ3v) is 3.64. The SMILES string of the molecule is CCSCC(C)NC(=O)c1cc(C#CCN)ccc1F. The molecular formula is C15H19FN2OS. The Morgan fingerprint density at radius 1 is 1.55 bits per heavy atom. The van der Waals surface area contributed by atoms with E-state index >= 15 is 0 Å². The van der Waals surface area contributed by atoms with Crippen LogP contribution in [-0.4, -0.2) is 30.0 Å². The Bertz CT molecular complexity index is 522. The number of hydrogen-bond donors (Lipinski definition) is 2. The number of carbonyl (C=O) groups is 1. The minimum absolute atomic E-state index is 0.00867. The Kier molecular flexibility index (Phi) is 7.13. The van der Waals surface area contributed by atoms with Crippen LogP contribution in [0.15, 0.2) is 18.2 Å². The summed E-state index contributed by atoms with van der Waals surface area (Å²) in [5, 5.41) is 2.78. The molecule has 0 saturated carbocycles. The van der Waals surface area contributed by atoms with E-state index in [1.54, 1.807) is 11.8 Å². The molecule has 0 aliphatic heterocycles. The highest BCUT2D eigenvalue weighted by Crippen LogP contribution is 2.11. The first-order chi connectivity index (χ1) is 9.58. The lowest BCUT2D eigenvalue weighted by Crippen LogP contribution is -2.34. The summed E-state index contributed by atoms with van der Waals surface area (Å²) in [6, 6.07) is 4.23. The van der Waals surface area contributed by atoms with Crippen LogP contribution in [-0.2, 0) is 0 Å².